The Morgan fingerprint density at radius 2 is 2.33 bits per heavy atom. The van der Waals surface area contributed by atoms with Crippen molar-refractivity contribution < 1.29 is 0 Å². The fourth-order valence-electron chi connectivity index (χ4n) is 1.63. The zero-order valence-electron chi connectivity index (χ0n) is 9.09. The molecule has 0 bridgehead atoms. The molecule has 1 aliphatic rings. The third-order valence-electron chi connectivity index (χ3n) is 2.72. The maximum atomic E-state index is 4.39. The van der Waals surface area contributed by atoms with Crippen molar-refractivity contribution in [1.29, 1.82) is 0 Å². The highest BCUT2D eigenvalue weighted by molar-refractivity contribution is 9.10. The van der Waals surface area contributed by atoms with Gasteiger partial charge >= 0.3 is 0 Å². The zero-order chi connectivity index (χ0) is 10.8. The molecule has 1 saturated heterocycles. The molecule has 0 saturated carbocycles. The minimum Gasteiger partial charge on any atom is -0.316 e. The maximum absolute atomic E-state index is 4.39. The third-order valence-corrected chi connectivity index (χ3v) is 4.94. The first-order chi connectivity index (χ1) is 7.18. The molecule has 0 aromatic carbocycles. The van der Waals surface area contributed by atoms with Crippen LogP contribution in [0.5, 0.6) is 0 Å². The Morgan fingerprint density at radius 3 is 2.80 bits per heavy atom. The summed E-state index contributed by atoms with van der Waals surface area (Å²) in [4.78, 5) is 0. The molecule has 1 aromatic heterocycles. The van der Waals surface area contributed by atoms with E-state index in [4.69, 9.17) is 0 Å². The lowest BCUT2D eigenvalue weighted by molar-refractivity contribution is 0.385. The van der Waals surface area contributed by atoms with E-state index in [1.807, 2.05) is 30.4 Å². The summed E-state index contributed by atoms with van der Waals surface area (Å²) >= 11 is 5.59. The predicted octanol–water partition coefficient (Wildman–Crippen LogP) is 1.94. The standard InChI is InChI=1S/C10H16BrN3S/c1-7-10(11)9(14(2)13-7)6-15-5-8-3-12-4-8/h8,12H,3-6H2,1-2H3. The van der Waals surface area contributed by atoms with E-state index in [2.05, 4.69) is 26.3 Å². The van der Waals surface area contributed by atoms with Gasteiger partial charge in [0.25, 0.3) is 0 Å². The second-order valence-electron chi connectivity index (χ2n) is 4.01. The van der Waals surface area contributed by atoms with Crippen molar-refractivity contribution in [3.05, 3.63) is 15.9 Å². The van der Waals surface area contributed by atoms with Crippen molar-refractivity contribution in [3.63, 3.8) is 0 Å². The molecule has 0 atom stereocenters. The molecule has 5 heteroatoms. The van der Waals surface area contributed by atoms with E-state index in [1.54, 1.807) is 0 Å². The number of thioether (sulfide) groups is 1. The van der Waals surface area contributed by atoms with Gasteiger partial charge in [-0.15, -0.1) is 0 Å². The van der Waals surface area contributed by atoms with Crippen LogP contribution in [0.15, 0.2) is 4.47 Å². The Morgan fingerprint density at radius 1 is 1.60 bits per heavy atom. The molecule has 15 heavy (non-hydrogen) atoms. The van der Waals surface area contributed by atoms with Crippen molar-refractivity contribution >= 4 is 27.7 Å². The fraction of sp³-hybridized carbons (Fsp3) is 0.700. The molecule has 1 aromatic rings. The average molecular weight is 290 g/mol. The van der Waals surface area contributed by atoms with Gasteiger partial charge in [0.2, 0.25) is 0 Å². The topological polar surface area (TPSA) is 29.9 Å². The Kier molecular flexibility index (Phi) is 3.74. The first kappa shape index (κ1) is 11.5. The van der Waals surface area contributed by atoms with Gasteiger partial charge in [-0.1, -0.05) is 0 Å². The third kappa shape index (κ3) is 2.57. The number of aryl methyl sites for hydroxylation is 2. The summed E-state index contributed by atoms with van der Waals surface area (Å²) in [5.74, 6) is 3.18. The van der Waals surface area contributed by atoms with Gasteiger partial charge in [0.05, 0.1) is 15.9 Å². The summed E-state index contributed by atoms with van der Waals surface area (Å²) in [6, 6.07) is 0. The Hall–Kier alpha value is -0.0000000000000000555. The van der Waals surface area contributed by atoms with Crippen LogP contribution in [0, 0.1) is 12.8 Å². The van der Waals surface area contributed by atoms with E-state index in [0.717, 1.165) is 17.4 Å². The molecule has 2 rings (SSSR count). The van der Waals surface area contributed by atoms with Crippen LogP contribution in [-0.2, 0) is 12.8 Å². The van der Waals surface area contributed by atoms with Gasteiger partial charge in [-0.2, -0.15) is 16.9 Å². The van der Waals surface area contributed by atoms with Crippen molar-refractivity contribution in [2.24, 2.45) is 13.0 Å². The van der Waals surface area contributed by atoms with Crippen LogP contribution < -0.4 is 5.32 Å². The summed E-state index contributed by atoms with van der Waals surface area (Å²) in [5, 5.41) is 7.68. The van der Waals surface area contributed by atoms with E-state index in [1.165, 1.54) is 29.0 Å². The van der Waals surface area contributed by atoms with Crippen LogP contribution in [0.25, 0.3) is 0 Å². The molecule has 0 radical (unpaired) electrons. The van der Waals surface area contributed by atoms with Gasteiger partial charge in [0, 0.05) is 12.8 Å². The summed E-state index contributed by atoms with van der Waals surface area (Å²) < 4.78 is 3.15. The van der Waals surface area contributed by atoms with Crippen molar-refractivity contribution in [2.75, 3.05) is 18.8 Å². The lowest BCUT2D eigenvalue weighted by atomic mass is 10.1. The summed E-state index contributed by atoms with van der Waals surface area (Å²) in [6.45, 7) is 4.42. The highest BCUT2D eigenvalue weighted by Gasteiger charge is 2.17. The molecule has 1 aliphatic heterocycles. The van der Waals surface area contributed by atoms with Gasteiger partial charge in [-0.25, -0.2) is 0 Å². The van der Waals surface area contributed by atoms with E-state index in [0.29, 0.717) is 0 Å². The first-order valence-electron chi connectivity index (χ1n) is 5.15. The number of hydrogen-bond acceptors (Lipinski definition) is 3. The highest BCUT2D eigenvalue weighted by Crippen LogP contribution is 2.25. The van der Waals surface area contributed by atoms with Gasteiger partial charge in [-0.05, 0) is 47.6 Å². The Balaban J connectivity index is 1.86. The molecule has 2 heterocycles. The molecular formula is C10H16BrN3S. The Bertz CT molecular complexity index is 347. The van der Waals surface area contributed by atoms with Crippen LogP contribution in [0.3, 0.4) is 0 Å². The lowest BCUT2D eigenvalue weighted by Crippen LogP contribution is -2.43. The molecule has 0 amide bonds. The summed E-state index contributed by atoms with van der Waals surface area (Å²) in [6.07, 6.45) is 0. The maximum Gasteiger partial charge on any atom is 0.0738 e. The molecule has 84 valence electrons. The van der Waals surface area contributed by atoms with E-state index >= 15 is 0 Å². The van der Waals surface area contributed by atoms with Gasteiger partial charge < -0.3 is 5.32 Å². The largest absolute Gasteiger partial charge is 0.316 e. The number of nitrogens with one attached hydrogen (secondary N) is 1. The smallest absolute Gasteiger partial charge is 0.0738 e. The molecule has 1 fully saturated rings. The van der Waals surface area contributed by atoms with E-state index < -0.39 is 0 Å². The van der Waals surface area contributed by atoms with Crippen molar-refractivity contribution in [2.45, 2.75) is 12.7 Å². The minimum absolute atomic E-state index is 0.878. The SMILES string of the molecule is Cc1nn(C)c(CSCC2CNC2)c1Br. The van der Waals surface area contributed by atoms with Gasteiger partial charge in [-0.3, -0.25) is 4.68 Å². The van der Waals surface area contributed by atoms with Crippen LogP contribution in [-0.4, -0.2) is 28.6 Å². The second-order valence-corrected chi connectivity index (χ2v) is 5.83. The second kappa shape index (κ2) is 4.89. The predicted molar refractivity (Wildman–Crippen MR) is 68.2 cm³/mol. The first-order valence-corrected chi connectivity index (χ1v) is 7.09. The monoisotopic (exact) mass is 289 g/mol. The normalized spacial score (nSPS) is 16.7. The molecule has 0 aliphatic carbocycles. The van der Waals surface area contributed by atoms with Crippen LogP contribution >= 0.6 is 27.7 Å². The Labute approximate surface area is 103 Å². The quantitative estimate of drug-likeness (QED) is 0.919. The van der Waals surface area contributed by atoms with Crippen molar-refractivity contribution in [3.8, 4) is 0 Å². The molecule has 0 unspecified atom stereocenters. The fourth-order valence-corrected chi connectivity index (χ4v) is 3.50. The lowest BCUT2D eigenvalue weighted by Gasteiger charge is -2.26. The van der Waals surface area contributed by atoms with Crippen molar-refractivity contribution in [1.82, 2.24) is 15.1 Å². The summed E-state index contributed by atoms with van der Waals surface area (Å²) in [5.41, 5.74) is 2.38. The zero-order valence-corrected chi connectivity index (χ0v) is 11.5. The minimum atomic E-state index is 0.878. The van der Waals surface area contributed by atoms with E-state index in [-0.39, 0.29) is 0 Å². The number of rotatable bonds is 4. The molecule has 1 N–H and O–H groups in total. The van der Waals surface area contributed by atoms with Crippen LogP contribution in [0.2, 0.25) is 0 Å². The van der Waals surface area contributed by atoms with Crippen LogP contribution in [0.4, 0.5) is 0 Å². The molecular weight excluding hydrogens is 274 g/mol. The van der Waals surface area contributed by atoms with Crippen LogP contribution in [0.1, 0.15) is 11.4 Å². The number of nitrogens with zero attached hydrogens (tertiary/aromatic N) is 2. The number of hydrogen-bond donors (Lipinski definition) is 1. The molecule has 3 nitrogen and oxygen atoms in total. The highest BCUT2D eigenvalue weighted by atomic mass is 79.9. The number of halogens is 1. The average Bonchev–Trinajstić information content (AvgIpc) is 2.35. The van der Waals surface area contributed by atoms with E-state index in [9.17, 15) is 0 Å². The summed E-state index contributed by atoms with van der Waals surface area (Å²) in [7, 11) is 2.01. The van der Waals surface area contributed by atoms with Gasteiger partial charge in [0.1, 0.15) is 0 Å². The van der Waals surface area contributed by atoms with Gasteiger partial charge in [0.15, 0.2) is 0 Å². The molecule has 0 spiro atoms. The number of aromatic nitrogens is 2.